The van der Waals surface area contributed by atoms with Crippen LogP contribution in [0, 0.1) is 0 Å². The lowest BCUT2D eigenvalue weighted by Gasteiger charge is -2.13. The number of hydrogen-bond acceptors (Lipinski definition) is 5. The lowest BCUT2D eigenvalue weighted by molar-refractivity contribution is 0.670. The van der Waals surface area contributed by atoms with Gasteiger partial charge in [-0.05, 0) is 59.2 Å². The van der Waals surface area contributed by atoms with E-state index in [1.165, 1.54) is 20.2 Å². The Hall–Kier alpha value is -6.95. The molecule has 0 spiro atoms. The van der Waals surface area contributed by atoms with Gasteiger partial charge >= 0.3 is 0 Å². The predicted octanol–water partition coefficient (Wildman–Crippen LogP) is 13.6. The lowest BCUT2D eigenvalue weighted by atomic mass is 9.94. The fourth-order valence-electron chi connectivity index (χ4n) is 7.87. The van der Waals surface area contributed by atoms with Crippen LogP contribution in [0.15, 0.2) is 180 Å². The molecule has 7 aromatic carbocycles. The Morgan fingerprint density at radius 3 is 2.02 bits per heavy atom. The molecule has 11 aromatic rings. The van der Waals surface area contributed by atoms with Gasteiger partial charge in [0.15, 0.2) is 5.82 Å². The van der Waals surface area contributed by atoms with E-state index in [4.69, 9.17) is 14.4 Å². The Morgan fingerprint density at radius 2 is 1.13 bits per heavy atom. The molecule has 0 atom stereocenters. The Kier molecular flexibility index (Phi) is 7.00. The molecule has 0 unspecified atom stereocenters. The maximum absolute atomic E-state index is 6.81. The Balaban J connectivity index is 1.12. The van der Waals surface area contributed by atoms with Gasteiger partial charge in [0, 0.05) is 64.8 Å². The highest BCUT2D eigenvalue weighted by Crippen LogP contribution is 2.46. The molecule has 0 fully saturated rings. The monoisotopic (exact) mass is 707 g/mol. The van der Waals surface area contributed by atoms with E-state index in [2.05, 4.69) is 157 Å². The summed E-state index contributed by atoms with van der Waals surface area (Å²) < 4.78 is 9.35. The first kappa shape index (κ1) is 30.7. The van der Waals surface area contributed by atoms with Crippen LogP contribution in [0.25, 0.3) is 109 Å². The minimum Gasteiger partial charge on any atom is -0.455 e. The normalized spacial score (nSPS) is 11.7. The van der Waals surface area contributed by atoms with Gasteiger partial charge in [-0.1, -0.05) is 127 Å². The van der Waals surface area contributed by atoms with E-state index >= 15 is 0 Å². The Bertz CT molecular complexity index is 3210. The number of benzene rings is 7. The highest BCUT2D eigenvalue weighted by molar-refractivity contribution is 7.25. The molecule has 0 radical (unpaired) electrons. The van der Waals surface area contributed by atoms with Gasteiger partial charge in [-0.3, -0.25) is 4.98 Å². The zero-order valence-electron chi connectivity index (χ0n) is 28.9. The summed E-state index contributed by atoms with van der Waals surface area (Å²) in [5, 5.41) is 5.75. The largest absolute Gasteiger partial charge is 0.455 e. The van der Waals surface area contributed by atoms with Gasteiger partial charge in [0.2, 0.25) is 0 Å². The molecule has 0 aliphatic rings. The minimum atomic E-state index is 0.664. The van der Waals surface area contributed by atoms with Gasteiger partial charge in [0.25, 0.3) is 0 Å². The smallest absolute Gasteiger partial charge is 0.160 e. The molecule has 0 aliphatic carbocycles. The molecule has 0 aliphatic heterocycles. The number of fused-ring (bicyclic) bond motifs is 7. The molecule has 5 heteroatoms. The van der Waals surface area contributed by atoms with E-state index in [0.29, 0.717) is 5.82 Å². The molecule has 0 N–H and O–H groups in total. The number of aromatic nitrogens is 3. The quantitative estimate of drug-likeness (QED) is 0.179. The van der Waals surface area contributed by atoms with Crippen LogP contribution in [-0.4, -0.2) is 15.0 Å². The standard InChI is InChI=1S/C49H29N3OS/c1-2-11-31(12-3-1)41-29-42(52-49(51-41)32-23-21-30(22-24-32)33-27-28-50-40-17-7-4-13-34(33)40)37-26-25-36(48-47(37)38-14-5-8-18-43(38)53-48)35-16-10-20-45-46(35)39-15-6-9-19-44(39)54-45/h1-29H. The van der Waals surface area contributed by atoms with E-state index in [1.807, 2.05) is 35.7 Å². The zero-order valence-corrected chi connectivity index (χ0v) is 29.7. The van der Waals surface area contributed by atoms with Crippen molar-refractivity contribution in [1.29, 1.82) is 0 Å². The SMILES string of the molecule is c1ccc(-c2cc(-c3ccc(-c4cccc5sc6ccccc6c45)c4oc5ccccc5c34)nc(-c3ccc(-c4ccnc5ccccc45)cc3)n2)cc1. The van der Waals surface area contributed by atoms with Crippen LogP contribution < -0.4 is 0 Å². The van der Waals surface area contributed by atoms with Gasteiger partial charge in [-0.2, -0.15) is 0 Å². The summed E-state index contributed by atoms with van der Waals surface area (Å²) in [4.78, 5) is 15.0. The topological polar surface area (TPSA) is 51.8 Å². The van der Waals surface area contributed by atoms with Crippen LogP contribution in [0.1, 0.15) is 0 Å². The molecular formula is C49H29N3OS. The summed E-state index contributed by atoms with van der Waals surface area (Å²) in [6.45, 7) is 0. The number of rotatable bonds is 5. The van der Waals surface area contributed by atoms with Crippen molar-refractivity contribution in [1.82, 2.24) is 15.0 Å². The molecule has 0 saturated heterocycles. The second-order valence-electron chi connectivity index (χ2n) is 13.5. The molecule has 54 heavy (non-hydrogen) atoms. The molecule has 0 amide bonds. The van der Waals surface area contributed by atoms with Crippen molar-refractivity contribution in [3.63, 3.8) is 0 Å². The van der Waals surface area contributed by atoms with Gasteiger partial charge in [-0.15, -0.1) is 11.3 Å². The van der Waals surface area contributed by atoms with Crippen molar-refractivity contribution in [2.45, 2.75) is 0 Å². The second-order valence-corrected chi connectivity index (χ2v) is 14.6. The van der Waals surface area contributed by atoms with Crippen molar-refractivity contribution < 1.29 is 4.42 Å². The number of furan rings is 1. The van der Waals surface area contributed by atoms with E-state index in [1.54, 1.807) is 0 Å². The zero-order chi connectivity index (χ0) is 35.6. The van der Waals surface area contributed by atoms with E-state index < -0.39 is 0 Å². The molecule has 4 nitrogen and oxygen atoms in total. The van der Waals surface area contributed by atoms with E-state index in [-0.39, 0.29) is 0 Å². The molecular weight excluding hydrogens is 679 g/mol. The van der Waals surface area contributed by atoms with Gasteiger partial charge < -0.3 is 4.42 Å². The van der Waals surface area contributed by atoms with E-state index in [9.17, 15) is 0 Å². The van der Waals surface area contributed by atoms with Crippen LogP contribution in [0.4, 0.5) is 0 Å². The third-order valence-corrected chi connectivity index (χ3v) is 11.5. The summed E-state index contributed by atoms with van der Waals surface area (Å²) >= 11 is 1.83. The molecule has 4 aromatic heterocycles. The Morgan fingerprint density at radius 1 is 0.426 bits per heavy atom. The van der Waals surface area contributed by atoms with Crippen molar-refractivity contribution in [3.05, 3.63) is 176 Å². The average Bonchev–Trinajstić information content (AvgIpc) is 3.83. The minimum absolute atomic E-state index is 0.664. The van der Waals surface area contributed by atoms with Gasteiger partial charge in [-0.25, -0.2) is 9.97 Å². The molecule has 0 saturated carbocycles. The van der Waals surface area contributed by atoms with E-state index in [0.717, 1.165) is 83.2 Å². The maximum Gasteiger partial charge on any atom is 0.160 e. The van der Waals surface area contributed by atoms with Crippen molar-refractivity contribution in [3.8, 4) is 56.2 Å². The van der Waals surface area contributed by atoms with Crippen LogP contribution in [0.5, 0.6) is 0 Å². The number of pyridine rings is 1. The highest BCUT2D eigenvalue weighted by atomic mass is 32.1. The van der Waals surface area contributed by atoms with Crippen molar-refractivity contribution in [2.75, 3.05) is 0 Å². The van der Waals surface area contributed by atoms with Crippen LogP contribution in [-0.2, 0) is 0 Å². The highest BCUT2D eigenvalue weighted by Gasteiger charge is 2.21. The number of hydrogen-bond donors (Lipinski definition) is 0. The van der Waals surface area contributed by atoms with Crippen LogP contribution in [0.3, 0.4) is 0 Å². The first-order valence-corrected chi connectivity index (χ1v) is 18.8. The number of nitrogens with zero attached hydrogens (tertiary/aromatic N) is 3. The first-order chi connectivity index (χ1) is 26.8. The lowest BCUT2D eigenvalue weighted by Crippen LogP contribution is -1.96. The van der Waals surface area contributed by atoms with Crippen LogP contribution >= 0.6 is 11.3 Å². The summed E-state index contributed by atoms with van der Waals surface area (Å²) in [6.07, 6.45) is 1.87. The third-order valence-electron chi connectivity index (χ3n) is 10.4. The Labute approximate surface area is 314 Å². The summed E-state index contributed by atoms with van der Waals surface area (Å²) in [6, 6.07) is 59.3. The second kappa shape index (κ2) is 12.3. The number of thiophene rings is 1. The van der Waals surface area contributed by atoms with Gasteiger partial charge in [0.05, 0.1) is 16.9 Å². The van der Waals surface area contributed by atoms with Gasteiger partial charge in [0.1, 0.15) is 11.2 Å². The van der Waals surface area contributed by atoms with Crippen molar-refractivity contribution in [2.24, 2.45) is 0 Å². The number of para-hydroxylation sites is 2. The maximum atomic E-state index is 6.81. The molecule has 0 bridgehead atoms. The van der Waals surface area contributed by atoms with Crippen LogP contribution in [0.2, 0.25) is 0 Å². The third kappa shape index (κ3) is 4.94. The molecule has 4 heterocycles. The molecule has 252 valence electrons. The summed E-state index contributed by atoms with van der Waals surface area (Å²) in [5.41, 5.74) is 11.8. The predicted molar refractivity (Wildman–Crippen MR) is 225 cm³/mol. The van der Waals surface area contributed by atoms with Crippen molar-refractivity contribution >= 4 is 64.4 Å². The fraction of sp³-hybridized carbons (Fsp3) is 0. The summed E-state index contributed by atoms with van der Waals surface area (Å²) in [5.74, 6) is 0.664. The average molecular weight is 708 g/mol. The molecule has 11 rings (SSSR count). The fourth-order valence-corrected chi connectivity index (χ4v) is 9.00. The first-order valence-electron chi connectivity index (χ1n) is 18.0. The summed E-state index contributed by atoms with van der Waals surface area (Å²) in [7, 11) is 0.